The Bertz CT molecular complexity index is 1090. The molecule has 8 heteroatoms. The summed E-state index contributed by atoms with van der Waals surface area (Å²) in [4.78, 5) is 17.5. The Labute approximate surface area is 201 Å². The Morgan fingerprint density at radius 1 is 1.03 bits per heavy atom. The van der Waals surface area contributed by atoms with Gasteiger partial charge in [0.2, 0.25) is 5.91 Å². The third-order valence-electron chi connectivity index (χ3n) is 7.16. The molecule has 5 rings (SSSR count). The monoisotopic (exact) mass is 461 g/mol. The Kier molecular flexibility index (Phi) is 7.04. The minimum Gasteiger partial charge on any atom is -0.356 e. The molecule has 0 aliphatic carbocycles. The molecule has 2 aromatic heterocycles. The largest absolute Gasteiger partial charge is 0.356 e. The van der Waals surface area contributed by atoms with Gasteiger partial charge in [-0.05, 0) is 63.2 Å². The molecule has 2 aliphatic rings. The second kappa shape index (κ2) is 10.5. The fourth-order valence-corrected chi connectivity index (χ4v) is 5.23. The van der Waals surface area contributed by atoms with Crippen molar-refractivity contribution in [2.45, 2.75) is 39.0 Å². The number of carbonyl (C=O) groups excluding carboxylic acids is 1. The van der Waals surface area contributed by atoms with Gasteiger partial charge < -0.3 is 15.1 Å². The van der Waals surface area contributed by atoms with Gasteiger partial charge >= 0.3 is 0 Å². The van der Waals surface area contributed by atoms with Gasteiger partial charge in [-0.1, -0.05) is 37.3 Å². The highest BCUT2D eigenvalue weighted by atomic mass is 16.1. The van der Waals surface area contributed by atoms with Crippen molar-refractivity contribution in [3.05, 3.63) is 42.5 Å². The van der Waals surface area contributed by atoms with Crippen molar-refractivity contribution in [2.75, 3.05) is 44.2 Å². The standard InChI is InChI=1S/C26H35N7O/c1-20-7-5-15-31(19-20)16-6-14-27-26(34)22-12-17-32(18-13-22)24-11-10-23-28-29-25(33(23)30-24)21-8-3-2-4-9-21/h2-4,8-11,20,22H,5-7,12-19H2,1H3,(H,27,34). The molecule has 3 aromatic rings. The molecule has 4 heterocycles. The highest BCUT2D eigenvalue weighted by molar-refractivity contribution is 5.79. The second-order valence-electron chi connectivity index (χ2n) is 9.81. The fourth-order valence-electron chi connectivity index (χ4n) is 5.23. The van der Waals surface area contributed by atoms with E-state index in [-0.39, 0.29) is 11.8 Å². The molecule has 0 saturated carbocycles. The van der Waals surface area contributed by atoms with Crippen molar-refractivity contribution in [3.63, 3.8) is 0 Å². The van der Waals surface area contributed by atoms with E-state index in [1.165, 1.54) is 25.9 Å². The lowest BCUT2D eigenvalue weighted by molar-refractivity contribution is -0.125. The molecule has 34 heavy (non-hydrogen) atoms. The summed E-state index contributed by atoms with van der Waals surface area (Å²) >= 11 is 0. The molecular weight excluding hydrogens is 426 g/mol. The Morgan fingerprint density at radius 2 is 1.85 bits per heavy atom. The highest BCUT2D eigenvalue weighted by Gasteiger charge is 2.26. The summed E-state index contributed by atoms with van der Waals surface area (Å²) in [5, 5.41) is 16.6. The lowest BCUT2D eigenvalue weighted by atomic mass is 9.96. The van der Waals surface area contributed by atoms with E-state index in [2.05, 4.69) is 32.2 Å². The van der Waals surface area contributed by atoms with Gasteiger partial charge in [0.1, 0.15) is 5.82 Å². The molecule has 0 bridgehead atoms. The summed E-state index contributed by atoms with van der Waals surface area (Å²) in [6, 6.07) is 14.0. The Hall–Kier alpha value is -3.00. The van der Waals surface area contributed by atoms with Gasteiger partial charge in [0.25, 0.3) is 0 Å². The predicted molar refractivity (Wildman–Crippen MR) is 134 cm³/mol. The molecule has 0 radical (unpaired) electrons. The van der Waals surface area contributed by atoms with Gasteiger partial charge in [0, 0.05) is 37.7 Å². The van der Waals surface area contributed by atoms with Crippen molar-refractivity contribution in [1.29, 1.82) is 0 Å². The van der Waals surface area contributed by atoms with E-state index in [1.54, 1.807) is 0 Å². The minimum absolute atomic E-state index is 0.0878. The number of aromatic nitrogens is 4. The normalized spacial score (nSPS) is 20.0. The number of hydrogen-bond acceptors (Lipinski definition) is 6. The van der Waals surface area contributed by atoms with Gasteiger partial charge in [-0.2, -0.15) is 4.52 Å². The van der Waals surface area contributed by atoms with Gasteiger partial charge in [-0.15, -0.1) is 15.3 Å². The Balaban J connectivity index is 1.12. The van der Waals surface area contributed by atoms with E-state index >= 15 is 0 Å². The lowest BCUT2D eigenvalue weighted by Gasteiger charge is -2.32. The van der Waals surface area contributed by atoms with Crippen LogP contribution < -0.4 is 10.2 Å². The Morgan fingerprint density at radius 3 is 2.65 bits per heavy atom. The molecule has 1 aromatic carbocycles. The van der Waals surface area contributed by atoms with Gasteiger partial charge in [0.15, 0.2) is 11.5 Å². The first-order valence-electron chi connectivity index (χ1n) is 12.7. The van der Waals surface area contributed by atoms with Crippen molar-refractivity contribution >= 4 is 17.4 Å². The summed E-state index contributed by atoms with van der Waals surface area (Å²) < 4.78 is 1.81. The zero-order valence-electron chi connectivity index (χ0n) is 20.1. The maximum Gasteiger partial charge on any atom is 0.223 e. The van der Waals surface area contributed by atoms with Crippen LogP contribution in [0.4, 0.5) is 5.82 Å². The number of fused-ring (bicyclic) bond motifs is 1. The van der Waals surface area contributed by atoms with E-state index in [0.717, 1.165) is 74.2 Å². The molecule has 1 unspecified atom stereocenters. The third kappa shape index (κ3) is 5.22. The van der Waals surface area contributed by atoms with Crippen LogP contribution in [0.1, 0.15) is 39.0 Å². The molecule has 2 aliphatic heterocycles. The smallest absolute Gasteiger partial charge is 0.223 e. The second-order valence-corrected chi connectivity index (χ2v) is 9.81. The molecule has 2 saturated heterocycles. The first-order valence-corrected chi connectivity index (χ1v) is 12.7. The third-order valence-corrected chi connectivity index (χ3v) is 7.16. The molecule has 180 valence electrons. The molecule has 1 N–H and O–H groups in total. The van der Waals surface area contributed by atoms with Crippen LogP contribution in [0, 0.1) is 11.8 Å². The first-order chi connectivity index (χ1) is 16.7. The zero-order valence-corrected chi connectivity index (χ0v) is 20.1. The molecule has 2 fully saturated rings. The highest BCUT2D eigenvalue weighted by Crippen LogP contribution is 2.24. The number of rotatable bonds is 7. The van der Waals surface area contributed by atoms with E-state index in [4.69, 9.17) is 5.10 Å². The van der Waals surface area contributed by atoms with Crippen LogP contribution in [-0.2, 0) is 4.79 Å². The maximum absolute atomic E-state index is 12.7. The topological polar surface area (TPSA) is 78.7 Å². The summed E-state index contributed by atoms with van der Waals surface area (Å²) in [7, 11) is 0. The maximum atomic E-state index is 12.7. The quantitative estimate of drug-likeness (QED) is 0.544. The van der Waals surface area contributed by atoms with E-state index < -0.39 is 0 Å². The number of benzene rings is 1. The van der Waals surface area contributed by atoms with E-state index in [1.807, 2.05) is 47.0 Å². The van der Waals surface area contributed by atoms with Crippen molar-refractivity contribution in [2.24, 2.45) is 11.8 Å². The van der Waals surface area contributed by atoms with Crippen molar-refractivity contribution in [1.82, 2.24) is 30.0 Å². The fraction of sp³-hybridized carbons (Fsp3) is 0.538. The lowest BCUT2D eigenvalue weighted by Crippen LogP contribution is -2.42. The SMILES string of the molecule is CC1CCCN(CCCNC(=O)C2CCN(c3ccc4nnc(-c5ccccc5)n4n3)CC2)C1. The number of hydrogen-bond donors (Lipinski definition) is 1. The van der Waals surface area contributed by atoms with E-state index in [0.29, 0.717) is 0 Å². The van der Waals surface area contributed by atoms with E-state index in [9.17, 15) is 4.79 Å². The number of anilines is 1. The van der Waals surface area contributed by atoms with Gasteiger partial charge in [0.05, 0.1) is 0 Å². The summed E-state index contributed by atoms with van der Waals surface area (Å²) in [5.74, 6) is 2.74. The molecular formula is C26H35N7O. The number of amides is 1. The van der Waals surface area contributed by atoms with Crippen LogP contribution in [0.25, 0.3) is 17.0 Å². The average Bonchev–Trinajstić information content (AvgIpc) is 3.30. The molecule has 1 atom stereocenters. The predicted octanol–water partition coefficient (Wildman–Crippen LogP) is 3.25. The minimum atomic E-state index is 0.0878. The van der Waals surface area contributed by atoms with Crippen LogP contribution in [0.3, 0.4) is 0 Å². The number of likely N-dealkylation sites (tertiary alicyclic amines) is 1. The number of nitrogens with one attached hydrogen (secondary N) is 1. The molecule has 0 spiro atoms. The van der Waals surface area contributed by atoms with Crippen molar-refractivity contribution < 1.29 is 4.79 Å². The van der Waals surface area contributed by atoms with Crippen LogP contribution in [-0.4, -0.2) is 69.9 Å². The summed E-state index contributed by atoms with van der Waals surface area (Å²) in [6.45, 7) is 8.26. The zero-order chi connectivity index (χ0) is 23.3. The van der Waals surface area contributed by atoms with Crippen LogP contribution in [0.15, 0.2) is 42.5 Å². The van der Waals surface area contributed by atoms with Crippen LogP contribution in [0.5, 0.6) is 0 Å². The number of carbonyl (C=O) groups is 1. The molecule has 1 amide bonds. The first kappa shape index (κ1) is 22.8. The van der Waals surface area contributed by atoms with Crippen LogP contribution >= 0.6 is 0 Å². The number of nitrogens with zero attached hydrogens (tertiary/aromatic N) is 6. The summed E-state index contributed by atoms with van der Waals surface area (Å²) in [6.07, 6.45) is 5.39. The molecule has 8 nitrogen and oxygen atoms in total. The van der Waals surface area contributed by atoms with Gasteiger partial charge in [-0.3, -0.25) is 4.79 Å². The van der Waals surface area contributed by atoms with Crippen LogP contribution in [0.2, 0.25) is 0 Å². The van der Waals surface area contributed by atoms with Gasteiger partial charge in [-0.25, -0.2) is 0 Å². The summed E-state index contributed by atoms with van der Waals surface area (Å²) in [5.41, 5.74) is 1.72. The average molecular weight is 462 g/mol. The number of piperidine rings is 2. The van der Waals surface area contributed by atoms with Crippen molar-refractivity contribution in [3.8, 4) is 11.4 Å².